The standard InChI is InChI=1S/C15H7Cl3N4S/c16-8-5-9(17)14(10(18)6-8)22-21-12(7-19)15-20-11-3-1-2-4-13(11)23-15/h1-6,22H/b21-12+. The number of halogens is 3. The first-order valence-electron chi connectivity index (χ1n) is 6.33. The number of fused-ring (bicyclic) bond motifs is 1. The number of anilines is 1. The first-order valence-corrected chi connectivity index (χ1v) is 8.28. The molecule has 3 aromatic rings. The summed E-state index contributed by atoms with van der Waals surface area (Å²) in [6.45, 7) is 0. The Balaban J connectivity index is 1.95. The van der Waals surface area contributed by atoms with Crippen LogP contribution in [-0.2, 0) is 0 Å². The fourth-order valence-corrected chi connectivity index (χ4v) is 3.66. The van der Waals surface area contributed by atoms with Gasteiger partial charge in [-0.2, -0.15) is 10.4 Å². The van der Waals surface area contributed by atoms with Gasteiger partial charge in [0.1, 0.15) is 6.07 Å². The van der Waals surface area contributed by atoms with Crippen molar-refractivity contribution in [1.82, 2.24) is 4.98 Å². The third kappa shape index (κ3) is 3.41. The minimum Gasteiger partial charge on any atom is -0.274 e. The Morgan fingerprint density at radius 2 is 1.87 bits per heavy atom. The van der Waals surface area contributed by atoms with E-state index in [1.54, 1.807) is 0 Å². The molecule has 0 fully saturated rings. The monoisotopic (exact) mass is 380 g/mol. The Kier molecular flexibility index (Phi) is 4.69. The average Bonchev–Trinajstić information content (AvgIpc) is 2.93. The Labute approximate surface area is 150 Å². The summed E-state index contributed by atoms with van der Waals surface area (Å²) in [5.74, 6) is 0. The van der Waals surface area contributed by atoms with Crippen LogP contribution in [0.1, 0.15) is 5.01 Å². The van der Waals surface area contributed by atoms with Gasteiger partial charge in [-0.15, -0.1) is 11.3 Å². The van der Waals surface area contributed by atoms with Crippen LogP contribution >= 0.6 is 46.1 Å². The van der Waals surface area contributed by atoms with Gasteiger partial charge in [-0.3, -0.25) is 5.43 Å². The van der Waals surface area contributed by atoms with Crippen LogP contribution in [-0.4, -0.2) is 10.7 Å². The van der Waals surface area contributed by atoms with Gasteiger partial charge >= 0.3 is 0 Å². The van der Waals surface area contributed by atoms with Crippen LogP contribution in [0.5, 0.6) is 0 Å². The van der Waals surface area contributed by atoms with Crippen molar-refractivity contribution in [3.63, 3.8) is 0 Å². The van der Waals surface area contributed by atoms with Gasteiger partial charge in [0.15, 0.2) is 10.7 Å². The maximum Gasteiger partial charge on any atom is 0.196 e. The second-order valence-corrected chi connectivity index (χ2v) is 6.70. The summed E-state index contributed by atoms with van der Waals surface area (Å²) in [7, 11) is 0. The fraction of sp³-hybridized carbons (Fsp3) is 0. The minimum absolute atomic E-state index is 0.147. The second kappa shape index (κ2) is 6.73. The van der Waals surface area contributed by atoms with Gasteiger partial charge in [0.25, 0.3) is 0 Å². The maximum absolute atomic E-state index is 9.32. The number of rotatable bonds is 3. The van der Waals surface area contributed by atoms with E-state index in [4.69, 9.17) is 34.8 Å². The summed E-state index contributed by atoms with van der Waals surface area (Å²) in [5, 5.41) is 15.0. The summed E-state index contributed by atoms with van der Waals surface area (Å²) < 4.78 is 0.980. The zero-order valence-corrected chi connectivity index (χ0v) is 14.4. The molecule has 114 valence electrons. The van der Waals surface area contributed by atoms with Crippen molar-refractivity contribution in [2.75, 3.05) is 5.43 Å². The van der Waals surface area contributed by atoms with Crippen molar-refractivity contribution in [2.45, 2.75) is 0 Å². The highest BCUT2D eigenvalue weighted by molar-refractivity contribution is 7.20. The van der Waals surface area contributed by atoms with Crippen molar-refractivity contribution in [3.05, 3.63) is 56.5 Å². The van der Waals surface area contributed by atoms with E-state index < -0.39 is 0 Å². The molecule has 0 radical (unpaired) electrons. The highest BCUT2D eigenvalue weighted by Crippen LogP contribution is 2.33. The van der Waals surface area contributed by atoms with E-state index in [2.05, 4.69) is 15.5 Å². The van der Waals surface area contributed by atoms with Crippen LogP contribution < -0.4 is 5.43 Å². The summed E-state index contributed by atoms with van der Waals surface area (Å²) in [6.07, 6.45) is 0. The van der Waals surface area contributed by atoms with Crippen LogP contribution in [0.15, 0.2) is 41.5 Å². The third-order valence-electron chi connectivity index (χ3n) is 2.89. The van der Waals surface area contributed by atoms with Gasteiger partial charge in [0.05, 0.1) is 25.9 Å². The molecule has 3 rings (SSSR count). The third-order valence-corrected chi connectivity index (χ3v) is 4.75. The van der Waals surface area contributed by atoms with Crippen molar-refractivity contribution in [2.24, 2.45) is 5.10 Å². The van der Waals surface area contributed by atoms with Crippen LogP contribution in [0.3, 0.4) is 0 Å². The Morgan fingerprint density at radius 3 is 2.52 bits per heavy atom. The summed E-state index contributed by atoms with van der Waals surface area (Å²) in [4.78, 5) is 4.39. The van der Waals surface area contributed by atoms with Gasteiger partial charge in [0.2, 0.25) is 0 Å². The molecule has 0 saturated carbocycles. The quantitative estimate of drug-likeness (QED) is 0.475. The van der Waals surface area contributed by atoms with Crippen LogP contribution in [0.25, 0.3) is 10.2 Å². The summed E-state index contributed by atoms with van der Waals surface area (Å²) >= 11 is 19.4. The molecule has 0 aliphatic carbocycles. The number of hydrazone groups is 1. The Bertz CT molecular complexity index is 903. The lowest BCUT2D eigenvalue weighted by Crippen LogP contribution is -2.02. The number of nitriles is 1. The largest absolute Gasteiger partial charge is 0.274 e. The van der Waals surface area contributed by atoms with Gasteiger partial charge in [-0.05, 0) is 24.3 Å². The SMILES string of the molecule is N#C/C(=N\Nc1c(Cl)cc(Cl)cc1Cl)c1nc2ccccc2s1. The van der Waals surface area contributed by atoms with Crippen molar-refractivity contribution in [3.8, 4) is 6.07 Å². The molecule has 2 aromatic carbocycles. The molecule has 0 unspecified atom stereocenters. The molecule has 4 nitrogen and oxygen atoms in total. The first kappa shape index (κ1) is 16.0. The molecule has 0 aliphatic heterocycles. The van der Waals surface area contributed by atoms with Gasteiger partial charge in [-0.1, -0.05) is 46.9 Å². The molecule has 0 atom stereocenters. The number of hydrogen-bond acceptors (Lipinski definition) is 5. The molecule has 23 heavy (non-hydrogen) atoms. The predicted octanol–water partition coefficient (Wildman–Crippen LogP) is 5.60. The van der Waals surface area contributed by atoms with Crippen molar-refractivity contribution >= 4 is 67.8 Å². The van der Waals surface area contributed by atoms with Crippen molar-refractivity contribution < 1.29 is 0 Å². The zero-order chi connectivity index (χ0) is 16.4. The minimum atomic E-state index is 0.147. The van der Waals surface area contributed by atoms with Gasteiger partial charge in [-0.25, -0.2) is 4.98 Å². The van der Waals surface area contributed by atoms with Crippen LogP contribution in [0.4, 0.5) is 5.69 Å². The number of aromatic nitrogens is 1. The topological polar surface area (TPSA) is 61.1 Å². The molecule has 0 amide bonds. The molecule has 1 N–H and O–H groups in total. The number of nitrogens with one attached hydrogen (secondary N) is 1. The van der Waals surface area contributed by atoms with Gasteiger partial charge < -0.3 is 0 Å². The lowest BCUT2D eigenvalue weighted by molar-refractivity contribution is 1.32. The molecule has 8 heteroatoms. The number of hydrogen-bond donors (Lipinski definition) is 1. The Hall–Kier alpha value is -1.84. The van der Waals surface area contributed by atoms with Crippen LogP contribution in [0.2, 0.25) is 15.1 Å². The van der Waals surface area contributed by atoms with E-state index in [-0.39, 0.29) is 5.71 Å². The van der Waals surface area contributed by atoms with E-state index in [1.165, 1.54) is 23.5 Å². The smallest absolute Gasteiger partial charge is 0.196 e. The Morgan fingerprint density at radius 1 is 1.17 bits per heavy atom. The zero-order valence-electron chi connectivity index (χ0n) is 11.3. The summed E-state index contributed by atoms with van der Waals surface area (Å²) in [5.41, 5.74) is 4.06. The highest BCUT2D eigenvalue weighted by atomic mass is 35.5. The molecule has 0 bridgehead atoms. The maximum atomic E-state index is 9.32. The predicted molar refractivity (Wildman–Crippen MR) is 96.9 cm³/mol. The number of thiazole rings is 1. The normalized spacial score (nSPS) is 11.5. The number of benzene rings is 2. The molecule has 1 heterocycles. The molecular formula is C15H7Cl3N4S. The van der Waals surface area contributed by atoms with Crippen molar-refractivity contribution in [1.29, 1.82) is 5.26 Å². The second-order valence-electron chi connectivity index (χ2n) is 4.42. The average molecular weight is 382 g/mol. The number of para-hydroxylation sites is 1. The highest BCUT2D eigenvalue weighted by Gasteiger charge is 2.12. The molecule has 0 aliphatic rings. The first-order chi connectivity index (χ1) is 11.1. The van der Waals surface area contributed by atoms with Crippen LogP contribution in [0, 0.1) is 11.3 Å². The van der Waals surface area contributed by atoms with Gasteiger partial charge in [0, 0.05) is 5.02 Å². The molecule has 0 saturated heterocycles. The lowest BCUT2D eigenvalue weighted by atomic mass is 10.3. The van der Waals surface area contributed by atoms with E-state index in [0.29, 0.717) is 25.8 Å². The van der Waals surface area contributed by atoms with E-state index in [9.17, 15) is 5.26 Å². The van der Waals surface area contributed by atoms with E-state index in [1.807, 2.05) is 30.3 Å². The molecular weight excluding hydrogens is 375 g/mol. The summed E-state index contributed by atoms with van der Waals surface area (Å²) in [6, 6.07) is 12.7. The lowest BCUT2D eigenvalue weighted by Gasteiger charge is -2.06. The number of nitrogens with zero attached hydrogens (tertiary/aromatic N) is 3. The molecule has 0 spiro atoms. The van der Waals surface area contributed by atoms with E-state index in [0.717, 1.165) is 10.2 Å². The van der Waals surface area contributed by atoms with E-state index >= 15 is 0 Å². The molecule has 1 aromatic heterocycles. The fourth-order valence-electron chi connectivity index (χ4n) is 1.85.